The number of benzene rings is 1. The van der Waals surface area contributed by atoms with Crippen LogP contribution in [0.1, 0.15) is 12.5 Å². The molecule has 0 radical (unpaired) electrons. The van der Waals surface area contributed by atoms with Crippen molar-refractivity contribution in [2.75, 3.05) is 6.61 Å². The Labute approximate surface area is 83.6 Å². The van der Waals surface area contributed by atoms with Gasteiger partial charge in [-0.2, -0.15) is 0 Å². The Balaban J connectivity index is 2.33. The van der Waals surface area contributed by atoms with Crippen molar-refractivity contribution in [2.45, 2.75) is 13.3 Å². The highest BCUT2D eigenvalue weighted by atomic mass is 16.3. The molecule has 1 unspecified atom stereocenters. The third-order valence-electron chi connectivity index (χ3n) is 2.55. The second-order valence-corrected chi connectivity index (χ2v) is 3.85. The van der Waals surface area contributed by atoms with Gasteiger partial charge in [-0.3, -0.25) is 0 Å². The number of rotatable bonds is 3. The van der Waals surface area contributed by atoms with E-state index in [0.29, 0.717) is 5.92 Å². The van der Waals surface area contributed by atoms with Gasteiger partial charge < -0.3 is 10.1 Å². The molecule has 14 heavy (non-hydrogen) atoms. The molecule has 0 aliphatic rings. The summed E-state index contributed by atoms with van der Waals surface area (Å²) in [7, 11) is 0. The van der Waals surface area contributed by atoms with Crippen LogP contribution in [0.25, 0.3) is 10.9 Å². The van der Waals surface area contributed by atoms with E-state index in [2.05, 4.69) is 24.0 Å². The van der Waals surface area contributed by atoms with Crippen molar-refractivity contribution in [3.63, 3.8) is 0 Å². The van der Waals surface area contributed by atoms with Gasteiger partial charge in [0.1, 0.15) is 0 Å². The molecule has 2 nitrogen and oxygen atoms in total. The number of para-hydroxylation sites is 1. The van der Waals surface area contributed by atoms with E-state index in [0.717, 1.165) is 6.42 Å². The molecule has 1 aromatic heterocycles. The van der Waals surface area contributed by atoms with E-state index in [4.69, 9.17) is 5.11 Å². The molecule has 1 heterocycles. The summed E-state index contributed by atoms with van der Waals surface area (Å²) in [6.45, 7) is 2.31. The minimum absolute atomic E-state index is 0.250. The van der Waals surface area contributed by atoms with Gasteiger partial charge in [-0.05, 0) is 24.0 Å². The fraction of sp³-hybridized carbons (Fsp3) is 0.333. The summed E-state index contributed by atoms with van der Waals surface area (Å²) >= 11 is 0. The molecule has 1 aromatic carbocycles. The zero-order valence-corrected chi connectivity index (χ0v) is 8.33. The highest BCUT2D eigenvalue weighted by Gasteiger charge is 2.06. The second-order valence-electron chi connectivity index (χ2n) is 3.85. The van der Waals surface area contributed by atoms with Gasteiger partial charge >= 0.3 is 0 Å². The summed E-state index contributed by atoms with van der Waals surface area (Å²) in [5.74, 6) is 0.328. The van der Waals surface area contributed by atoms with E-state index in [1.807, 2.05) is 18.3 Å². The van der Waals surface area contributed by atoms with Gasteiger partial charge in [0.15, 0.2) is 0 Å². The van der Waals surface area contributed by atoms with Crippen LogP contribution in [0, 0.1) is 5.92 Å². The molecular weight excluding hydrogens is 174 g/mol. The molecule has 0 aliphatic carbocycles. The highest BCUT2D eigenvalue weighted by molar-refractivity contribution is 5.83. The number of nitrogens with one attached hydrogen (secondary N) is 1. The molecule has 0 spiro atoms. The standard InChI is InChI=1S/C12H15NO/c1-9(8-14)6-10-7-13-12-5-3-2-4-11(10)12/h2-5,7,9,13-14H,6,8H2,1H3. The number of fused-ring (bicyclic) bond motifs is 1. The smallest absolute Gasteiger partial charge is 0.0459 e. The fourth-order valence-corrected chi connectivity index (χ4v) is 1.74. The van der Waals surface area contributed by atoms with Crippen molar-refractivity contribution < 1.29 is 5.11 Å². The maximum atomic E-state index is 9.00. The lowest BCUT2D eigenvalue weighted by Crippen LogP contribution is -2.03. The number of aromatic nitrogens is 1. The van der Waals surface area contributed by atoms with E-state index in [1.165, 1.54) is 16.5 Å². The van der Waals surface area contributed by atoms with Crippen molar-refractivity contribution in [2.24, 2.45) is 5.92 Å². The highest BCUT2D eigenvalue weighted by Crippen LogP contribution is 2.20. The van der Waals surface area contributed by atoms with E-state index in [-0.39, 0.29) is 6.61 Å². The molecule has 0 fully saturated rings. The summed E-state index contributed by atoms with van der Waals surface area (Å²) in [6.07, 6.45) is 2.97. The first kappa shape index (κ1) is 9.28. The first-order valence-electron chi connectivity index (χ1n) is 4.97. The monoisotopic (exact) mass is 189 g/mol. The zero-order valence-electron chi connectivity index (χ0n) is 8.33. The molecule has 0 saturated carbocycles. The van der Waals surface area contributed by atoms with Crippen LogP contribution in [-0.4, -0.2) is 16.7 Å². The Bertz CT molecular complexity index is 419. The van der Waals surface area contributed by atoms with Crippen molar-refractivity contribution in [1.29, 1.82) is 0 Å². The zero-order chi connectivity index (χ0) is 9.97. The van der Waals surface area contributed by atoms with Crippen LogP contribution >= 0.6 is 0 Å². The van der Waals surface area contributed by atoms with Crippen molar-refractivity contribution in [1.82, 2.24) is 4.98 Å². The van der Waals surface area contributed by atoms with Gasteiger partial charge in [0, 0.05) is 23.7 Å². The average molecular weight is 189 g/mol. The summed E-state index contributed by atoms with van der Waals surface area (Å²) in [6, 6.07) is 8.26. The van der Waals surface area contributed by atoms with Gasteiger partial charge in [0.05, 0.1) is 0 Å². The first-order valence-corrected chi connectivity index (χ1v) is 4.97. The second kappa shape index (κ2) is 3.84. The predicted molar refractivity (Wildman–Crippen MR) is 58.3 cm³/mol. The molecule has 0 aliphatic heterocycles. The molecule has 2 aromatic rings. The Morgan fingerprint density at radius 2 is 2.14 bits per heavy atom. The first-order chi connectivity index (χ1) is 6.81. The third kappa shape index (κ3) is 1.66. The molecule has 0 amide bonds. The Kier molecular flexibility index (Phi) is 2.55. The van der Waals surface area contributed by atoms with Gasteiger partial charge in [-0.25, -0.2) is 0 Å². The molecule has 2 N–H and O–H groups in total. The summed E-state index contributed by atoms with van der Waals surface area (Å²) < 4.78 is 0. The average Bonchev–Trinajstić information content (AvgIpc) is 2.62. The molecule has 0 saturated heterocycles. The maximum absolute atomic E-state index is 9.00. The number of H-pyrrole nitrogens is 1. The SMILES string of the molecule is CC(CO)Cc1c[nH]c2ccccc12. The predicted octanol–water partition coefficient (Wildman–Crippen LogP) is 2.34. The van der Waals surface area contributed by atoms with Gasteiger partial charge in [0.25, 0.3) is 0 Å². The molecular formula is C12H15NO. The van der Waals surface area contributed by atoms with Crippen LogP contribution in [0.5, 0.6) is 0 Å². The van der Waals surface area contributed by atoms with E-state index >= 15 is 0 Å². The lowest BCUT2D eigenvalue weighted by molar-refractivity contribution is 0.237. The number of hydrogen-bond acceptors (Lipinski definition) is 1. The third-order valence-corrected chi connectivity index (χ3v) is 2.55. The molecule has 0 bridgehead atoms. The number of aliphatic hydroxyl groups is 1. The van der Waals surface area contributed by atoms with Crippen LogP contribution in [0.3, 0.4) is 0 Å². The largest absolute Gasteiger partial charge is 0.396 e. The van der Waals surface area contributed by atoms with Crippen molar-refractivity contribution in [3.8, 4) is 0 Å². The van der Waals surface area contributed by atoms with Gasteiger partial charge in [-0.15, -0.1) is 0 Å². The van der Waals surface area contributed by atoms with Crippen molar-refractivity contribution in [3.05, 3.63) is 36.0 Å². The van der Waals surface area contributed by atoms with E-state index in [9.17, 15) is 0 Å². The minimum atomic E-state index is 0.250. The number of aromatic amines is 1. The normalized spacial score (nSPS) is 13.3. The lowest BCUT2D eigenvalue weighted by atomic mass is 10.0. The molecule has 2 rings (SSSR count). The molecule has 1 atom stereocenters. The van der Waals surface area contributed by atoms with Crippen molar-refractivity contribution >= 4 is 10.9 Å². The molecule has 74 valence electrons. The summed E-state index contributed by atoms with van der Waals surface area (Å²) in [5.41, 5.74) is 2.47. The topological polar surface area (TPSA) is 36.0 Å². The maximum Gasteiger partial charge on any atom is 0.0459 e. The van der Waals surface area contributed by atoms with Crippen LogP contribution in [0.15, 0.2) is 30.5 Å². The van der Waals surface area contributed by atoms with E-state index < -0.39 is 0 Å². The molecule has 2 heteroatoms. The van der Waals surface area contributed by atoms with Gasteiger partial charge in [0.2, 0.25) is 0 Å². The quantitative estimate of drug-likeness (QED) is 0.763. The van der Waals surface area contributed by atoms with Crippen LogP contribution in [-0.2, 0) is 6.42 Å². The summed E-state index contributed by atoms with van der Waals surface area (Å²) in [4.78, 5) is 3.24. The van der Waals surface area contributed by atoms with Crippen LogP contribution in [0.4, 0.5) is 0 Å². The lowest BCUT2D eigenvalue weighted by Gasteiger charge is -2.05. The van der Waals surface area contributed by atoms with Gasteiger partial charge in [-0.1, -0.05) is 25.1 Å². The summed E-state index contributed by atoms with van der Waals surface area (Å²) in [5, 5.41) is 10.3. The van der Waals surface area contributed by atoms with Crippen LogP contribution in [0.2, 0.25) is 0 Å². The number of aliphatic hydroxyl groups excluding tert-OH is 1. The number of hydrogen-bond donors (Lipinski definition) is 2. The Morgan fingerprint density at radius 3 is 2.93 bits per heavy atom. The Morgan fingerprint density at radius 1 is 1.36 bits per heavy atom. The van der Waals surface area contributed by atoms with E-state index in [1.54, 1.807) is 0 Å². The minimum Gasteiger partial charge on any atom is -0.396 e. The Hall–Kier alpha value is -1.28. The van der Waals surface area contributed by atoms with Crippen LogP contribution < -0.4 is 0 Å². The fourth-order valence-electron chi connectivity index (χ4n) is 1.74.